The molecule has 0 aliphatic heterocycles. The van der Waals surface area contributed by atoms with E-state index in [1.807, 2.05) is 0 Å². The van der Waals surface area contributed by atoms with Crippen LogP contribution in [0.4, 0.5) is 0 Å². The monoisotopic (exact) mass is 1190 g/mol. The second-order valence-electron chi connectivity index (χ2n) is 0. The Morgan fingerprint density at radius 3 is 0.188 bits per heavy atom. The van der Waals surface area contributed by atoms with Gasteiger partial charge in [-0.15, -0.1) is 0 Å². The predicted octanol–water partition coefficient (Wildman–Crippen LogP) is -8.26. The van der Waals surface area contributed by atoms with E-state index in [1.54, 1.807) is 0 Å². The zero-order valence-electron chi connectivity index (χ0n) is 7.59. The van der Waals surface area contributed by atoms with Crippen molar-refractivity contribution in [1.82, 2.24) is 0 Å². The summed E-state index contributed by atoms with van der Waals surface area (Å²) >= 11 is 0. The molecule has 0 aliphatic rings. The Bertz CT molecular complexity index is 19.2. The molecule has 0 aliphatic carbocycles. The van der Waals surface area contributed by atoms with Crippen LogP contribution < -0.4 is 0 Å². The van der Waals surface area contributed by atoms with Gasteiger partial charge in [0.15, 0.2) is 0 Å². The van der Waals surface area contributed by atoms with Crippen LogP contribution in [-0.2, 0) is 131 Å². The number of hydrogen-bond donors (Lipinski definition) is 0. The van der Waals surface area contributed by atoms with Gasteiger partial charge in [0.25, 0.3) is 0 Å². The molecule has 0 aromatic rings. The molecule has 0 unspecified atom stereocenters. The van der Waals surface area contributed by atoms with E-state index in [0.717, 1.165) is 0 Å². The summed E-state index contributed by atoms with van der Waals surface area (Å²) in [5.74, 6) is 0. The first-order valence-corrected chi connectivity index (χ1v) is 0. The summed E-state index contributed by atoms with van der Waals surface area (Å²) < 4.78 is 0. The molecule has 20 N–H and O–H groups in total. The minimum atomic E-state index is 0. The molecule has 0 spiro atoms. The normalized spacial score (nSPS) is 0. The minimum absolute atomic E-state index is 0. The molecule has 16 heteroatoms. The molecule has 113 valence electrons. The summed E-state index contributed by atoms with van der Waals surface area (Å²) in [6.07, 6.45) is 0. The quantitative estimate of drug-likeness (QED) is 0.204. The van der Waals surface area contributed by atoms with Crippen molar-refractivity contribution in [3.8, 4) is 0 Å². The first kappa shape index (κ1) is 463. The van der Waals surface area contributed by atoms with Crippen LogP contribution in [0.15, 0.2) is 0 Å². The second kappa shape index (κ2) is 395. The zero-order valence-corrected chi connectivity index (χ0v) is 25.4. The maximum atomic E-state index is 0. The minimum Gasteiger partial charge on any atom is -0.412 e. The van der Waals surface area contributed by atoms with Crippen LogP contribution in [0.5, 0.6) is 0 Å². The van der Waals surface area contributed by atoms with E-state index < -0.39 is 0 Å². The van der Waals surface area contributed by atoms with Crippen LogP contribution in [0.1, 0.15) is 0 Å². The fourth-order valence-electron chi connectivity index (χ4n) is 0. The van der Waals surface area contributed by atoms with Crippen molar-refractivity contribution in [2.45, 2.75) is 0 Å². The van der Waals surface area contributed by atoms with Crippen molar-refractivity contribution in [3.63, 3.8) is 0 Å². The molecule has 16 heavy (non-hydrogen) atoms. The van der Waals surface area contributed by atoms with E-state index in [0.29, 0.717) is 0 Å². The Hall–Kier alpha value is 3.92. The van der Waals surface area contributed by atoms with Gasteiger partial charge in [0.1, 0.15) is 0 Å². The molecule has 0 rings (SSSR count). The molecule has 0 bridgehead atoms. The van der Waals surface area contributed by atoms with Crippen LogP contribution in [0, 0.1) is 0 Å². The van der Waals surface area contributed by atoms with Gasteiger partial charge in [-0.1, -0.05) is 0 Å². The summed E-state index contributed by atoms with van der Waals surface area (Å²) in [4.78, 5) is 0. The molecule has 0 aromatic carbocycles. The summed E-state index contributed by atoms with van der Waals surface area (Å²) in [5.41, 5.74) is 0. The first-order valence-electron chi connectivity index (χ1n) is 0. The van der Waals surface area contributed by atoms with Gasteiger partial charge in [-0.25, -0.2) is 0 Å². The van der Waals surface area contributed by atoms with Crippen molar-refractivity contribution in [2.75, 3.05) is 0 Å². The smallest absolute Gasteiger partial charge is 0 e. The van der Waals surface area contributed by atoms with E-state index in [4.69, 9.17) is 0 Å². The number of rotatable bonds is 0. The molecule has 0 amide bonds. The van der Waals surface area contributed by atoms with Gasteiger partial charge in [-0.3, -0.25) is 0 Å². The van der Waals surface area contributed by atoms with Gasteiger partial charge in [0.2, 0.25) is 0 Å². The van der Waals surface area contributed by atoms with Crippen LogP contribution in [0.2, 0.25) is 0 Å². The molecule has 0 atom stereocenters. The Balaban J connectivity index is 0. The predicted molar refractivity (Wildman–Crippen MR) is 36.1 cm³/mol. The summed E-state index contributed by atoms with van der Waals surface area (Å²) in [5, 5.41) is 0. The summed E-state index contributed by atoms with van der Waals surface area (Å²) in [6, 6.07) is 0. The van der Waals surface area contributed by atoms with Gasteiger partial charge in [-0.2, -0.15) is 0 Å². The molecule has 0 saturated carbocycles. The largest absolute Gasteiger partial charge is 0.412 e. The fourth-order valence-corrected chi connectivity index (χ4v) is 0. The van der Waals surface area contributed by atoms with Gasteiger partial charge >= 0.3 is 0 Å². The van der Waals surface area contributed by atoms with Crippen LogP contribution in [-0.4, -0.2) is 54.8 Å². The topological polar surface area (TPSA) is 315 Å². The summed E-state index contributed by atoms with van der Waals surface area (Å²) in [6.45, 7) is 0. The Morgan fingerprint density at radius 2 is 0.188 bits per heavy atom. The SMILES string of the molecule is O.O.O.O.O.O.O.O.O.O.[Ru].[Ta].[Ta].[Ta].[Ta].[Ta]. The van der Waals surface area contributed by atoms with Crippen molar-refractivity contribution in [1.29, 1.82) is 0 Å². The van der Waals surface area contributed by atoms with Gasteiger partial charge < -0.3 is 54.8 Å². The average molecular weight is 1190 g/mol. The molecule has 10 nitrogen and oxygen atoms in total. The third-order valence-electron chi connectivity index (χ3n) is 0. The van der Waals surface area contributed by atoms with Crippen molar-refractivity contribution in [3.05, 3.63) is 0 Å². The van der Waals surface area contributed by atoms with Crippen molar-refractivity contribution < 1.29 is 186 Å². The zero-order chi connectivity index (χ0) is 0. The van der Waals surface area contributed by atoms with E-state index in [2.05, 4.69) is 0 Å². The molecule has 5 radical (unpaired) electrons. The van der Waals surface area contributed by atoms with Crippen LogP contribution in [0.25, 0.3) is 0 Å². The molecule has 0 aromatic heterocycles. The van der Waals surface area contributed by atoms with Crippen molar-refractivity contribution in [2.24, 2.45) is 0 Å². The molecule has 0 heterocycles. The maximum absolute atomic E-state index is 0. The Morgan fingerprint density at radius 1 is 0.188 bits per heavy atom. The third-order valence-corrected chi connectivity index (χ3v) is 0. The van der Waals surface area contributed by atoms with E-state index in [-0.39, 0.29) is 186 Å². The molecular formula is H20O10RuTa5. The molecule has 0 saturated heterocycles. The van der Waals surface area contributed by atoms with Gasteiger partial charge in [0, 0.05) is 131 Å². The Kier molecular flexibility index (Phi) is 11400. The molecule has 0 fully saturated rings. The van der Waals surface area contributed by atoms with Crippen molar-refractivity contribution >= 4 is 0 Å². The number of hydrogen-bond acceptors (Lipinski definition) is 0. The summed E-state index contributed by atoms with van der Waals surface area (Å²) in [7, 11) is 0. The fraction of sp³-hybridized carbons (Fsp3) is 0. The second-order valence-corrected chi connectivity index (χ2v) is 0. The third kappa shape index (κ3) is 333. The van der Waals surface area contributed by atoms with E-state index in [9.17, 15) is 0 Å². The van der Waals surface area contributed by atoms with E-state index in [1.165, 1.54) is 0 Å². The first-order chi connectivity index (χ1) is 0. The van der Waals surface area contributed by atoms with E-state index >= 15 is 0 Å². The molecular weight excluding hydrogens is 1170 g/mol. The van der Waals surface area contributed by atoms with Gasteiger partial charge in [-0.05, 0) is 0 Å². The maximum Gasteiger partial charge on any atom is 0 e. The standard InChI is InChI=1S/10H2O.Ru.5Ta/h10*1H2;;;;;;. The average Bonchev–Trinajstić information content (AvgIpc) is 0. The van der Waals surface area contributed by atoms with Crippen LogP contribution >= 0.6 is 0 Å². The van der Waals surface area contributed by atoms with Gasteiger partial charge in [0.05, 0.1) is 0 Å². The Labute approximate surface area is 183 Å². The van der Waals surface area contributed by atoms with Crippen LogP contribution in [0.3, 0.4) is 0 Å².